The second kappa shape index (κ2) is 5.55. The number of benzene rings is 1. The van der Waals surface area contributed by atoms with Gasteiger partial charge < -0.3 is 9.84 Å². The van der Waals surface area contributed by atoms with Crippen molar-refractivity contribution in [2.45, 2.75) is 52.0 Å². The molecule has 1 saturated carbocycles. The van der Waals surface area contributed by atoms with Gasteiger partial charge >= 0.3 is 0 Å². The molecule has 0 unspecified atom stereocenters. The van der Waals surface area contributed by atoms with E-state index in [-0.39, 0.29) is 5.91 Å². The molecule has 1 N–H and O–H groups in total. The van der Waals surface area contributed by atoms with Crippen molar-refractivity contribution in [3.8, 4) is 0 Å². The predicted octanol–water partition coefficient (Wildman–Crippen LogP) is 3.19. The van der Waals surface area contributed by atoms with Crippen LogP contribution < -0.4 is 5.32 Å². The third-order valence-corrected chi connectivity index (χ3v) is 4.25. The molecule has 1 aromatic carbocycles. The molecule has 5 nitrogen and oxygen atoms in total. The quantitative estimate of drug-likeness (QED) is 0.945. The Hall–Kier alpha value is -2.17. The van der Waals surface area contributed by atoms with E-state index in [1.165, 1.54) is 0 Å². The molecule has 1 aromatic heterocycles. The first-order valence-corrected chi connectivity index (χ1v) is 7.70. The van der Waals surface area contributed by atoms with Crippen LogP contribution in [0.25, 0.3) is 0 Å². The molecular weight excluding hydrogens is 278 g/mol. The number of aromatic nitrogens is 2. The van der Waals surface area contributed by atoms with Crippen molar-refractivity contribution in [1.82, 2.24) is 15.5 Å². The number of nitrogens with one attached hydrogen (secondary N) is 1. The lowest BCUT2D eigenvalue weighted by Gasteiger charge is -2.27. The first-order chi connectivity index (χ1) is 10.5. The summed E-state index contributed by atoms with van der Waals surface area (Å²) in [4.78, 5) is 17.0. The Labute approximate surface area is 130 Å². The minimum Gasteiger partial charge on any atom is -0.340 e. The number of hydrogen-bond donors (Lipinski definition) is 1. The number of amides is 1. The molecule has 0 bridgehead atoms. The first kappa shape index (κ1) is 14.8. The Balaban J connectivity index is 1.89. The topological polar surface area (TPSA) is 68.0 Å². The molecule has 1 heterocycles. The van der Waals surface area contributed by atoms with Crippen molar-refractivity contribution in [2.24, 2.45) is 0 Å². The van der Waals surface area contributed by atoms with Gasteiger partial charge in [-0.1, -0.05) is 35.2 Å². The van der Waals surface area contributed by atoms with Gasteiger partial charge in [-0.25, -0.2) is 0 Å². The number of carbonyl (C=O) groups excluding carboxylic acids is 1. The maximum Gasteiger partial charge on any atom is 0.252 e. The van der Waals surface area contributed by atoms with Gasteiger partial charge in [0.05, 0.1) is 0 Å². The van der Waals surface area contributed by atoms with E-state index in [1.807, 2.05) is 26.0 Å². The fourth-order valence-corrected chi connectivity index (χ4v) is 3.27. The highest BCUT2D eigenvalue weighted by Gasteiger charge is 2.41. The van der Waals surface area contributed by atoms with Crippen molar-refractivity contribution < 1.29 is 9.32 Å². The summed E-state index contributed by atoms with van der Waals surface area (Å²) in [7, 11) is 0. The van der Waals surface area contributed by atoms with Gasteiger partial charge in [-0.15, -0.1) is 0 Å². The van der Waals surface area contributed by atoms with Crippen molar-refractivity contribution in [3.05, 3.63) is 46.6 Å². The average Bonchev–Trinajstić information content (AvgIpc) is 3.07. The SMILES string of the molecule is Cc1cc(C)cc(C(=O)NC2(c3noc(C)n3)CCCC2)c1. The zero-order valence-corrected chi connectivity index (χ0v) is 13.3. The molecule has 0 atom stereocenters. The van der Waals surface area contributed by atoms with Crippen LogP contribution >= 0.6 is 0 Å². The number of rotatable bonds is 3. The Kier molecular flexibility index (Phi) is 3.72. The van der Waals surface area contributed by atoms with Crippen LogP contribution in [0.15, 0.2) is 22.7 Å². The Morgan fingerprint density at radius 2 is 1.77 bits per heavy atom. The molecule has 22 heavy (non-hydrogen) atoms. The highest BCUT2D eigenvalue weighted by molar-refractivity contribution is 5.95. The maximum absolute atomic E-state index is 12.7. The van der Waals surface area contributed by atoms with Crippen LogP contribution in [0, 0.1) is 20.8 Å². The van der Waals surface area contributed by atoms with E-state index in [0.29, 0.717) is 17.3 Å². The Morgan fingerprint density at radius 1 is 1.14 bits per heavy atom. The summed E-state index contributed by atoms with van der Waals surface area (Å²) < 4.78 is 5.12. The summed E-state index contributed by atoms with van der Waals surface area (Å²) in [6.07, 6.45) is 3.81. The van der Waals surface area contributed by atoms with Crippen molar-refractivity contribution >= 4 is 5.91 Å². The summed E-state index contributed by atoms with van der Waals surface area (Å²) >= 11 is 0. The molecule has 1 aliphatic rings. The van der Waals surface area contributed by atoms with Crippen LogP contribution in [0.2, 0.25) is 0 Å². The number of aryl methyl sites for hydroxylation is 3. The average molecular weight is 299 g/mol. The van der Waals surface area contributed by atoms with Gasteiger partial charge in [0, 0.05) is 12.5 Å². The molecule has 1 aliphatic carbocycles. The van der Waals surface area contributed by atoms with Crippen molar-refractivity contribution in [3.63, 3.8) is 0 Å². The molecule has 1 amide bonds. The van der Waals surface area contributed by atoms with Gasteiger partial charge in [0.1, 0.15) is 5.54 Å². The van der Waals surface area contributed by atoms with Gasteiger partial charge in [-0.05, 0) is 38.8 Å². The molecule has 0 aliphatic heterocycles. The minimum atomic E-state index is -0.494. The van der Waals surface area contributed by atoms with Crippen LogP contribution in [0.5, 0.6) is 0 Å². The van der Waals surface area contributed by atoms with E-state index in [9.17, 15) is 4.79 Å². The van der Waals surface area contributed by atoms with Crippen LogP contribution in [0.4, 0.5) is 0 Å². The lowest BCUT2D eigenvalue weighted by atomic mass is 9.95. The molecule has 3 rings (SSSR count). The molecule has 0 radical (unpaired) electrons. The second-order valence-electron chi connectivity index (χ2n) is 6.26. The lowest BCUT2D eigenvalue weighted by molar-refractivity contribution is 0.0891. The molecule has 0 spiro atoms. The lowest BCUT2D eigenvalue weighted by Crippen LogP contribution is -2.44. The summed E-state index contributed by atoms with van der Waals surface area (Å²) in [5, 5.41) is 7.22. The van der Waals surface area contributed by atoms with E-state index in [4.69, 9.17) is 4.52 Å². The smallest absolute Gasteiger partial charge is 0.252 e. The highest BCUT2D eigenvalue weighted by atomic mass is 16.5. The number of hydrogen-bond acceptors (Lipinski definition) is 4. The second-order valence-corrected chi connectivity index (χ2v) is 6.26. The van der Waals surface area contributed by atoms with Gasteiger partial charge in [0.15, 0.2) is 5.82 Å². The van der Waals surface area contributed by atoms with Gasteiger partial charge in [0.2, 0.25) is 5.89 Å². The highest BCUT2D eigenvalue weighted by Crippen LogP contribution is 2.37. The third-order valence-electron chi connectivity index (χ3n) is 4.25. The fraction of sp³-hybridized carbons (Fsp3) is 0.471. The summed E-state index contributed by atoms with van der Waals surface area (Å²) in [5.41, 5.74) is 2.36. The largest absolute Gasteiger partial charge is 0.340 e. The van der Waals surface area contributed by atoms with Crippen LogP contribution in [-0.4, -0.2) is 16.0 Å². The van der Waals surface area contributed by atoms with E-state index in [2.05, 4.69) is 21.5 Å². The molecule has 2 aromatic rings. The molecule has 0 saturated heterocycles. The third kappa shape index (κ3) is 2.75. The van der Waals surface area contributed by atoms with Crippen LogP contribution in [-0.2, 0) is 5.54 Å². The van der Waals surface area contributed by atoms with Gasteiger partial charge in [-0.2, -0.15) is 4.98 Å². The van der Waals surface area contributed by atoms with E-state index in [0.717, 1.165) is 36.8 Å². The van der Waals surface area contributed by atoms with Crippen LogP contribution in [0.3, 0.4) is 0 Å². The molecular formula is C17H21N3O2. The maximum atomic E-state index is 12.7. The van der Waals surface area contributed by atoms with E-state index < -0.39 is 5.54 Å². The van der Waals surface area contributed by atoms with Crippen molar-refractivity contribution in [1.29, 1.82) is 0 Å². The van der Waals surface area contributed by atoms with Crippen LogP contribution in [0.1, 0.15) is 58.9 Å². The summed E-state index contributed by atoms with van der Waals surface area (Å²) in [5.74, 6) is 1.05. The van der Waals surface area contributed by atoms with Crippen molar-refractivity contribution in [2.75, 3.05) is 0 Å². The van der Waals surface area contributed by atoms with Gasteiger partial charge in [-0.3, -0.25) is 4.79 Å². The molecule has 5 heteroatoms. The molecule has 116 valence electrons. The fourth-order valence-electron chi connectivity index (χ4n) is 3.27. The Morgan fingerprint density at radius 3 is 2.32 bits per heavy atom. The summed E-state index contributed by atoms with van der Waals surface area (Å²) in [6, 6.07) is 5.88. The van der Waals surface area contributed by atoms with E-state index >= 15 is 0 Å². The minimum absolute atomic E-state index is 0.0730. The standard InChI is InChI=1S/C17H21N3O2/c1-11-8-12(2)10-14(9-11)15(21)19-17(6-4-5-7-17)16-18-13(3)22-20-16/h8-10H,4-7H2,1-3H3,(H,19,21). The zero-order valence-electron chi connectivity index (χ0n) is 13.3. The Bertz CT molecular complexity index is 679. The first-order valence-electron chi connectivity index (χ1n) is 7.70. The number of carbonyl (C=O) groups is 1. The predicted molar refractivity (Wildman–Crippen MR) is 82.6 cm³/mol. The van der Waals surface area contributed by atoms with Gasteiger partial charge in [0.25, 0.3) is 5.91 Å². The normalized spacial score (nSPS) is 16.7. The number of nitrogens with zero attached hydrogens (tertiary/aromatic N) is 2. The summed E-state index contributed by atoms with van der Waals surface area (Å²) in [6.45, 7) is 5.76. The zero-order chi connectivity index (χ0) is 15.7. The van der Waals surface area contributed by atoms with E-state index in [1.54, 1.807) is 6.92 Å². The monoisotopic (exact) mass is 299 g/mol. The molecule has 1 fully saturated rings.